The van der Waals surface area contributed by atoms with Crippen LogP contribution in [0.4, 0.5) is 4.79 Å². The van der Waals surface area contributed by atoms with Gasteiger partial charge in [0, 0.05) is 18.1 Å². The van der Waals surface area contributed by atoms with E-state index in [1.165, 1.54) is 0 Å². The first-order valence-electron chi connectivity index (χ1n) is 7.86. The van der Waals surface area contributed by atoms with Crippen LogP contribution < -0.4 is 15.4 Å². The normalized spacial score (nSPS) is 10.4. The van der Waals surface area contributed by atoms with E-state index in [4.69, 9.17) is 21.1 Å². The number of ether oxygens (including phenoxy) is 2. The van der Waals surface area contributed by atoms with Gasteiger partial charge in [-0.2, -0.15) is 0 Å². The summed E-state index contributed by atoms with van der Waals surface area (Å²) in [4.78, 5) is 23.0. The Hall–Kier alpha value is -1.95. The van der Waals surface area contributed by atoms with E-state index in [0.29, 0.717) is 30.5 Å². The van der Waals surface area contributed by atoms with Crippen LogP contribution in [0.1, 0.15) is 25.0 Å². The third-order valence-electron chi connectivity index (χ3n) is 3.04. The lowest BCUT2D eigenvalue weighted by Gasteiger charge is -2.11. The van der Waals surface area contributed by atoms with Crippen LogP contribution in [0.3, 0.4) is 0 Å². The molecule has 2 amide bonds. The summed E-state index contributed by atoms with van der Waals surface area (Å²) in [5, 5.41) is 5.91. The van der Waals surface area contributed by atoms with Crippen LogP contribution in [0.15, 0.2) is 12.1 Å². The Morgan fingerprint density at radius 2 is 1.71 bits per heavy atom. The molecule has 134 valence electrons. The number of carbonyl (C=O) groups is 2. The van der Waals surface area contributed by atoms with Gasteiger partial charge < -0.3 is 20.1 Å². The molecule has 1 aromatic carbocycles. The molecule has 2 N–H and O–H groups in total. The lowest BCUT2D eigenvalue weighted by molar-refractivity contribution is -0.123. The van der Waals surface area contributed by atoms with E-state index in [-0.39, 0.29) is 18.4 Å². The van der Waals surface area contributed by atoms with E-state index >= 15 is 0 Å². The summed E-state index contributed by atoms with van der Waals surface area (Å²) in [7, 11) is 0. The van der Waals surface area contributed by atoms with Crippen molar-refractivity contribution in [3.8, 4) is 5.75 Å². The number of hydrogen-bond donors (Lipinski definition) is 2. The van der Waals surface area contributed by atoms with Crippen molar-refractivity contribution in [2.75, 3.05) is 26.3 Å². The van der Waals surface area contributed by atoms with E-state index < -0.39 is 6.09 Å². The lowest BCUT2D eigenvalue weighted by Crippen LogP contribution is -2.37. The van der Waals surface area contributed by atoms with Crippen molar-refractivity contribution >= 4 is 23.6 Å². The van der Waals surface area contributed by atoms with Gasteiger partial charge in [0.1, 0.15) is 5.75 Å². The molecule has 0 bridgehead atoms. The smallest absolute Gasteiger partial charge is 0.407 e. The quantitative estimate of drug-likeness (QED) is 0.702. The first-order valence-corrected chi connectivity index (χ1v) is 8.24. The minimum absolute atomic E-state index is 0.0989. The van der Waals surface area contributed by atoms with Crippen molar-refractivity contribution in [1.82, 2.24) is 10.6 Å². The van der Waals surface area contributed by atoms with Gasteiger partial charge in [-0.05, 0) is 43.0 Å². The van der Waals surface area contributed by atoms with Gasteiger partial charge >= 0.3 is 6.09 Å². The predicted octanol–water partition coefficient (Wildman–Crippen LogP) is 2.83. The molecule has 0 aliphatic heterocycles. The zero-order valence-electron chi connectivity index (χ0n) is 14.6. The van der Waals surface area contributed by atoms with Crippen molar-refractivity contribution in [3.05, 3.63) is 28.3 Å². The Morgan fingerprint density at radius 3 is 2.29 bits per heavy atom. The number of aryl methyl sites for hydroxylation is 2. The molecule has 0 atom stereocenters. The summed E-state index contributed by atoms with van der Waals surface area (Å²) in [6, 6.07) is 3.57. The maximum atomic E-state index is 11.7. The van der Waals surface area contributed by atoms with Crippen LogP contribution in [0, 0.1) is 19.8 Å². The number of carbonyl (C=O) groups excluding carboxylic acids is 2. The van der Waals surface area contributed by atoms with Crippen molar-refractivity contribution in [2.45, 2.75) is 27.7 Å². The van der Waals surface area contributed by atoms with Gasteiger partial charge in [0.2, 0.25) is 0 Å². The Balaban J connectivity index is 2.22. The lowest BCUT2D eigenvalue weighted by atomic mass is 10.1. The Morgan fingerprint density at radius 1 is 1.12 bits per heavy atom. The fourth-order valence-corrected chi connectivity index (χ4v) is 1.96. The van der Waals surface area contributed by atoms with Crippen LogP contribution in [0.2, 0.25) is 5.02 Å². The number of hydrogen-bond acceptors (Lipinski definition) is 4. The molecule has 0 heterocycles. The summed E-state index contributed by atoms with van der Waals surface area (Å²) < 4.78 is 10.4. The first-order chi connectivity index (χ1) is 11.3. The Kier molecular flexibility index (Phi) is 8.40. The molecule has 0 aromatic heterocycles. The van der Waals surface area contributed by atoms with E-state index in [0.717, 1.165) is 11.1 Å². The standard InChI is InChI=1S/C17H25ClN2O4/c1-11(2)9-24-17(22)20-6-5-19-15(21)10-23-14-7-12(3)16(18)13(4)8-14/h7-8,11H,5-6,9-10H2,1-4H3,(H,19,21)(H,20,22). The highest BCUT2D eigenvalue weighted by molar-refractivity contribution is 6.32. The fourth-order valence-electron chi connectivity index (χ4n) is 1.85. The van der Waals surface area contributed by atoms with Crippen molar-refractivity contribution < 1.29 is 19.1 Å². The summed E-state index contributed by atoms with van der Waals surface area (Å²) in [6.45, 7) is 8.54. The summed E-state index contributed by atoms with van der Waals surface area (Å²) in [5.74, 6) is 0.616. The molecule has 0 radical (unpaired) electrons. The van der Waals surface area contributed by atoms with Crippen molar-refractivity contribution in [2.24, 2.45) is 5.92 Å². The van der Waals surface area contributed by atoms with Crippen LogP contribution in [-0.2, 0) is 9.53 Å². The highest BCUT2D eigenvalue weighted by Gasteiger charge is 2.07. The van der Waals surface area contributed by atoms with Crippen LogP contribution in [0.5, 0.6) is 5.75 Å². The van der Waals surface area contributed by atoms with E-state index in [9.17, 15) is 9.59 Å². The Bertz CT molecular complexity index is 553. The molecular weight excluding hydrogens is 332 g/mol. The second-order valence-electron chi connectivity index (χ2n) is 5.93. The number of nitrogens with one attached hydrogen (secondary N) is 2. The van der Waals surface area contributed by atoms with Gasteiger partial charge in [0.05, 0.1) is 6.61 Å². The molecule has 7 heteroatoms. The highest BCUT2D eigenvalue weighted by atomic mass is 35.5. The third-order valence-corrected chi connectivity index (χ3v) is 3.64. The van der Waals surface area contributed by atoms with Gasteiger partial charge in [0.25, 0.3) is 5.91 Å². The SMILES string of the molecule is Cc1cc(OCC(=O)NCCNC(=O)OCC(C)C)cc(C)c1Cl. The molecule has 0 fully saturated rings. The molecule has 6 nitrogen and oxygen atoms in total. The minimum Gasteiger partial charge on any atom is -0.484 e. The van der Waals surface area contributed by atoms with E-state index in [2.05, 4.69) is 10.6 Å². The molecule has 0 saturated heterocycles. The van der Waals surface area contributed by atoms with Gasteiger partial charge in [-0.25, -0.2) is 4.79 Å². The number of amides is 2. The third kappa shape index (κ3) is 7.55. The van der Waals surface area contributed by atoms with Gasteiger partial charge in [-0.15, -0.1) is 0 Å². The number of alkyl carbamates (subject to hydrolysis) is 1. The zero-order chi connectivity index (χ0) is 18.1. The van der Waals surface area contributed by atoms with E-state index in [1.807, 2.05) is 27.7 Å². The van der Waals surface area contributed by atoms with Crippen LogP contribution >= 0.6 is 11.6 Å². The summed E-state index contributed by atoms with van der Waals surface area (Å²) in [6.07, 6.45) is -0.485. The van der Waals surface area contributed by atoms with Crippen molar-refractivity contribution in [3.63, 3.8) is 0 Å². The van der Waals surface area contributed by atoms with Crippen molar-refractivity contribution in [1.29, 1.82) is 0 Å². The molecule has 0 aliphatic rings. The summed E-state index contributed by atoms with van der Waals surface area (Å²) in [5.41, 5.74) is 1.80. The minimum atomic E-state index is -0.485. The maximum Gasteiger partial charge on any atom is 0.407 e. The number of halogens is 1. The van der Waals surface area contributed by atoms with Gasteiger partial charge in [-0.3, -0.25) is 4.79 Å². The predicted molar refractivity (Wildman–Crippen MR) is 93.6 cm³/mol. The molecule has 0 unspecified atom stereocenters. The summed E-state index contributed by atoms with van der Waals surface area (Å²) >= 11 is 6.08. The van der Waals surface area contributed by atoms with Crippen LogP contribution in [0.25, 0.3) is 0 Å². The largest absolute Gasteiger partial charge is 0.484 e. The first kappa shape index (κ1) is 20.1. The number of benzene rings is 1. The van der Waals surface area contributed by atoms with Gasteiger partial charge in [-0.1, -0.05) is 25.4 Å². The number of rotatable bonds is 8. The van der Waals surface area contributed by atoms with Crippen LogP contribution in [-0.4, -0.2) is 38.3 Å². The fraction of sp³-hybridized carbons (Fsp3) is 0.529. The molecular formula is C17H25ClN2O4. The van der Waals surface area contributed by atoms with E-state index in [1.54, 1.807) is 12.1 Å². The second kappa shape index (κ2) is 10.0. The average molecular weight is 357 g/mol. The topological polar surface area (TPSA) is 76.7 Å². The Labute approximate surface area is 147 Å². The highest BCUT2D eigenvalue weighted by Crippen LogP contribution is 2.25. The zero-order valence-corrected chi connectivity index (χ0v) is 15.3. The monoisotopic (exact) mass is 356 g/mol. The van der Waals surface area contributed by atoms with Gasteiger partial charge in [0.15, 0.2) is 6.61 Å². The molecule has 1 rings (SSSR count). The maximum absolute atomic E-state index is 11.7. The molecule has 1 aromatic rings. The average Bonchev–Trinajstić information content (AvgIpc) is 2.52. The molecule has 0 spiro atoms. The molecule has 0 aliphatic carbocycles. The molecule has 0 saturated carbocycles. The second-order valence-corrected chi connectivity index (χ2v) is 6.31. The molecule has 24 heavy (non-hydrogen) atoms.